The maximum absolute atomic E-state index is 13.5. The van der Waals surface area contributed by atoms with Crippen molar-refractivity contribution in [2.45, 2.75) is 32.6 Å². The maximum Gasteiger partial charge on any atom is 0.416 e. The van der Waals surface area contributed by atoms with Gasteiger partial charge in [0.05, 0.1) is 18.2 Å². The molecule has 2 aliphatic heterocycles. The van der Waals surface area contributed by atoms with Crippen molar-refractivity contribution in [3.8, 4) is 17.2 Å². The van der Waals surface area contributed by atoms with Crippen LogP contribution >= 0.6 is 0 Å². The third-order valence-electron chi connectivity index (χ3n) is 6.87. The number of alkyl halides is 3. The molecular weight excluding hydrogens is 509 g/mol. The summed E-state index contributed by atoms with van der Waals surface area (Å²) >= 11 is 0. The number of rotatable bonds is 3. The molecule has 0 saturated carbocycles. The van der Waals surface area contributed by atoms with Gasteiger partial charge in [-0.15, -0.1) is 0 Å². The summed E-state index contributed by atoms with van der Waals surface area (Å²) in [6.07, 6.45) is -4.51. The van der Waals surface area contributed by atoms with Crippen LogP contribution in [-0.4, -0.2) is 54.5 Å². The van der Waals surface area contributed by atoms with Gasteiger partial charge in [0.25, 0.3) is 0 Å². The molecule has 3 aromatic rings. The zero-order valence-corrected chi connectivity index (χ0v) is 21.9. The Kier molecular flexibility index (Phi) is 7.12. The second-order valence-corrected chi connectivity index (χ2v) is 9.72. The zero-order valence-electron chi connectivity index (χ0n) is 21.9. The molecule has 7 nitrogen and oxygen atoms in total. The number of aliphatic imine (C=N–C) groups is 1. The fourth-order valence-corrected chi connectivity index (χ4v) is 4.85. The van der Waals surface area contributed by atoms with Crippen molar-refractivity contribution in [1.29, 1.82) is 0 Å². The normalized spacial score (nSPS) is 16.9. The van der Waals surface area contributed by atoms with Gasteiger partial charge in [-0.2, -0.15) is 13.2 Å². The summed E-state index contributed by atoms with van der Waals surface area (Å²) in [4.78, 5) is 21.4. The summed E-state index contributed by atoms with van der Waals surface area (Å²) in [6, 6.07) is 16.1. The quantitative estimate of drug-likeness (QED) is 0.436. The van der Waals surface area contributed by atoms with E-state index in [1.807, 2.05) is 43.0 Å². The third kappa shape index (κ3) is 5.64. The van der Waals surface area contributed by atoms with Crippen LogP contribution in [0.1, 0.15) is 29.2 Å². The minimum Gasteiger partial charge on any atom is -0.497 e. The molecule has 1 fully saturated rings. The van der Waals surface area contributed by atoms with E-state index in [2.05, 4.69) is 10.3 Å². The van der Waals surface area contributed by atoms with Gasteiger partial charge in [0, 0.05) is 32.2 Å². The molecule has 0 aromatic heterocycles. The molecule has 1 saturated heterocycles. The van der Waals surface area contributed by atoms with E-state index in [0.29, 0.717) is 49.1 Å². The Morgan fingerprint density at radius 3 is 2.62 bits per heavy atom. The third-order valence-corrected chi connectivity index (χ3v) is 6.87. The molecule has 0 radical (unpaired) electrons. The van der Waals surface area contributed by atoms with E-state index in [9.17, 15) is 18.0 Å². The monoisotopic (exact) mass is 538 g/mol. The van der Waals surface area contributed by atoms with Gasteiger partial charge in [0.15, 0.2) is 5.75 Å². The Morgan fingerprint density at radius 2 is 1.90 bits per heavy atom. The fraction of sp³-hybridized carbons (Fsp3) is 0.310. The number of hydrogen-bond acceptors (Lipinski definition) is 5. The second-order valence-electron chi connectivity index (χ2n) is 9.72. The molecule has 10 heteroatoms. The van der Waals surface area contributed by atoms with Crippen molar-refractivity contribution in [2.75, 3.05) is 26.7 Å². The number of hydrogen-bond donors (Lipinski definition) is 1. The number of fused-ring (bicyclic) bond motifs is 2. The number of piperazine rings is 1. The number of nitrogens with one attached hydrogen (secondary N) is 1. The lowest BCUT2D eigenvalue weighted by Crippen LogP contribution is -2.57. The lowest BCUT2D eigenvalue weighted by molar-refractivity contribution is -0.137. The molecule has 0 aliphatic carbocycles. The van der Waals surface area contributed by atoms with Crippen molar-refractivity contribution in [2.24, 2.45) is 4.99 Å². The molecule has 39 heavy (non-hydrogen) atoms. The number of carbonyl (C=O) groups is 1. The predicted octanol–water partition coefficient (Wildman–Crippen LogP) is 6.12. The van der Waals surface area contributed by atoms with E-state index in [0.717, 1.165) is 23.3 Å². The Balaban J connectivity index is 1.41. The summed E-state index contributed by atoms with van der Waals surface area (Å²) in [6.45, 7) is 5.64. The number of ether oxygens (including phenoxy) is 2. The van der Waals surface area contributed by atoms with Crippen molar-refractivity contribution in [3.05, 3.63) is 82.9 Å². The predicted molar refractivity (Wildman–Crippen MR) is 142 cm³/mol. The highest BCUT2D eigenvalue weighted by molar-refractivity contribution is 6.04. The Hall–Kier alpha value is -4.21. The number of carbonyl (C=O) groups excluding carboxylic acids is 1. The van der Waals surface area contributed by atoms with E-state index in [4.69, 9.17) is 9.47 Å². The number of methoxy groups -OCH3 is 1. The molecule has 2 aliphatic rings. The second kappa shape index (κ2) is 10.5. The molecule has 2 amide bonds. The Labute approximate surface area is 224 Å². The van der Waals surface area contributed by atoms with Crippen LogP contribution in [0.3, 0.4) is 0 Å². The maximum atomic E-state index is 13.5. The van der Waals surface area contributed by atoms with Gasteiger partial charge < -0.3 is 24.6 Å². The lowest BCUT2D eigenvalue weighted by atomic mass is 10.1. The van der Waals surface area contributed by atoms with Crippen molar-refractivity contribution >= 4 is 17.6 Å². The van der Waals surface area contributed by atoms with Gasteiger partial charge in [-0.25, -0.2) is 9.79 Å². The van der Waals surface area contributed by atoms with E-state index in [1.165, 1.54) is 13.2 Å². The van der Waals surface area contributed by atoms with E-state index in [1.54, 1.807) is 23.1 Å². The van der Waals surface area contributed by atoms with Gasteiger partial charge in [0.1, 0.15) is 23.0 Å². The summed E-state index contributed by atoms with van der Waals surface area (Å²) in [5.41, 5.74) is 2.02. The minimum absolute atomic E-state index is 0.0842. The van der Waals surface area contributed by atoms with Crippen LogP contribution in [0.25, 0.3) is 0 Å². The first-order valence-corrected chi connectivity index (χ1v) is 12.6. The van der Waals surface area contributed by atoms with Crippen molar-refractivity contribution < 1.29 is 27.4 Å². The number of benzene rings is 3. The van der Waals surface area contributed by atoms with Crippen LogP contribution in [0, 0.1) is 6.92 Å². The largest absolute Gasteiger partial charge is 0.497 e. The van der Waals surface area contributed by atoms with Gasteiger partial charge in [-0.1, -0.05) is 29.8 Å². The lowest BCUT2D eigenvalue weighted by Gasteiger charge is -2.41. The number of amides is 2. The molecule has 0 bridgehead atoms. The van der Waals surface area contributed by atoms with Gasteiger partial charge in [0.2, 0.25) is 0 Å². The van der Waals surface area contributed by atoms with Crippen molar-refractivity contribution in [1.82, 2.24) is 15.1 Å². The first-order valence-electron chi connectivity index (χ1n) is 12.6. The average molecular weight is 539 g/mol. The molecule has 204 valence electrons. The molecule has 0 spiro atoms. The van der Waals surface area contributed by atoms with Crippen LogP contribution in [0.15, 0.2) is 65.7 Å². The number of halogens is 3. The van der Waals surface area contributed by atoms with Crippen LogP contribution in [0.5, 0.6) is 17.2 Å². The highest BCUT2D eigenvalue weighted by atomic mass is 19.4. The van der Waals surface area contributed by atoms with Crippen LogP contribution in [-0.2, 0) is 12.7 Å². The number of amidine groups is 1. The van der Waals surface area contributed by atoms with Crippen LogP contribution in [0.4, 0.5) is 23.7 Å². The topological polar surface area (TPSA) is 66.4 Å². The molecule has 5 rings (SSSR count). The van der Waals surface area contributed by atoms with E-state index < -0.39 is 11.7 Å². The first-order chi connectivity index (χ1) is 18.6. The zero-order chi connectivity index (χ0) is 27.7. The van der Waals surface area contributed by atoms with Gasteiger partial charge in [-0.3, -0.25) is 0 Å². The molecule has 1 N–H and O–H groups in total. The Morgan fingerprint density at radius 1 is 1.10 bits per heavy atom. The summed E-state index contributed by atoms with van der Waals surface area (Å²) in [7, 11) is 1.54. The summed E-state index contributed by atoms with van der Waals surface area (Å²) in [5.74, 6) is 1.72. The molecule has 0 unspecified atom stereocenters. The highest BCUT2D eigenvalue weighted by Crippen LogP contribution is 2.42. The van der Waals surface area contributed by atoms with Crippen LogP contribution < -0.4 is 14.8 Å². The molecule has 3 aromatic carbocycles. The first kappa shape index (κ1) is 26.4. The minimum atomic E-state index is -4.51. The highest BCUT2D eigenvalue weighted by Gasteiger charge is 2.34. The standard InChI is InChI=1S/C29H29F3N4O3/c1-18-5-4-6-20(13-18)16-33-28(37)36-12-11-35(17-19(36)2)27-23-15-22(38-3)8-10-25(23)39-26-9-7-21(29(30,31)32)14-24(26)34-27/h4-10,13-15,19H,11-12,16-17H2,1-3H3,(H,33,37)/t19-/m0/s1. The molecule has 1 atom stereocenters. The fourth-order valence-electron chi connectivity index (χ4n) is 4.85. The van der Waals surface area contributed by atoms with E-state index >= 15 is 0 Å². The Bertz CT molecular complexity index is 1420. The van der Waals surface area contributed by atoms with Crippen molar-refractivity contribution in [3.63, 3.8) is 0 Å². The summed E-state index contributed by atoms with van der Waals surface area (Å²) in [5, 5.41) is 2.99. The smallest absolute Gasteiger partial charge is 0.416 e. The number of urea groups is 1. The van der Waals surface area contributed by atoms with Gasteiger partial charge in [-0.05, 0) is 55.8 Å². The average Bonchev–Trinajstić information content (AvgIpc) is 3.07. The molecule has 2 heterocycles. The SMILES string of the molecule is COc1ccc2c(c1)C(N1CCN(C(=O)NCc3cccc(C)c3)[C@@H](C)C1)=Nc1cc(C(F)(F)F)ccc1O2. The van der Waals surface area contributed by atoms with E-state index in [-0.39, 0.29) is 23.5 Å². The van der Waals surface area contributed by atoms with Crippen LogP contribution in [0.2, 0.25) is 0 Å². The molecular formula is C29H29F3N4O3. The van der Waals surface area contributed by atoms with Gasteiger partial charge >= 0.3 is 12.2 Å². The summed E-state index contributed by atoms with van der Waals surface area (Å²) < 4.78 is 51.8. The number of aryl methyl sites for hydroxylation is 1. The number of nitrogens with zero attached hydrogens (tertiary/aromatic N) is 3.